The summed E-state index contributed by atoms with van der Waals surface area (Å²) in [5.74, 6) is 0.928. The van der Waals surface area contributed by atoms with E-state index in [9.17, 15) is 14.0 Å². The van der Waals surface area contributed by atoms with Gasteiger partial charge in [0.15, 0.2) is 0 Å². The van der Waals surface area contributed by atoms with Crippen molar-refractivity contribution in [3.05, 3.63) is 35.6 Å². The number of nitrogens with two attached hydrogens (primary N) is 1. The lowest BCUT2D eigenvalue weighted by Crippen LogP contribution is -2.45. The minimum absolute atomic E-state index is 0.0434. The number of benzene rings is 1. The lowest BCUT2D eigenvalue weighted by Gasteiger charge is -2.23. The van der Waals surface area contributed by atoms with E-state index in [-0.39, 0.29) is 23.7 Å². The third-order valence-electron chi connectivity index (χ3n) is 3.85. The van der Waals surface area contributed by atoms with Gasteiger partial charge in [0.1, 0.15) is 11.9 Å². The predicted molar refractivity (Wildman–Crippen MR) is 89.3 cm³/mol. The molecule has 3 N–H and O–H groups in total. The van der Waals surface area contributed by atoms with E-state index in [1.54, 1.807) is 35.8 Å². The molecule has 0 aliphatic carbocycles. The van der Waals surface area contributed by atoms with E-state index >= 15 is 0 Å². The average molecular weight is 339 g/mol. The summed E-state index contributed by atoms with van der Waals surface area (Å²) in [4.78, 5) is 25.7. The molecule has 1 fully saturated rings. The normalized spacial score (nSPS) is 20.6. The average Bonchev–Trinajstić information content (AvgIpc) is 2.94. The third-order valence-corrected chi connectivity index (χ3v) is 4.88. The first-order valence-corrected chi connectivity index (χ1v) is 8.75. The van der Waals surface area contributed by atoms with Crippen LogP contribution >= 0.6 is 11.8 Å². The summed E-state index contributed by atoms with van der Waals surface area (Å²) in [6, 6.07) is 5.75. The second-order valence-corrected chi connectivity index (χ2v) is 6.71. The van der Waals surface area contributed by atoms with Gasteiger partial charge in [-0.2, -0.15) is 11.8 Å². The number of amides is 2. The van der Waals surface area contributed by atoms with Crippen molar-refractivity contribution in [2.24, 2.45) is 5.73 Å². The monoisotopic (exact) mass is 339 g/mol. The van der Waals surface area contributed by atoms with Crippen LogP contribution in [0.3, 0.4) is 0 Å². The van der Waals surface area contributed by atoms with E-state index in [0.717, 1.165) is 11.3 Å². The molecule has 0 spiro atoms. The van der Waals surface area contributed by atoms with Gasteiger partial charge in [0, 0.05) is 37.6 Å². The largest absolute Gasteiger partial charge is 0.357 e. The minimum Gasteiger partial charge on any atom is -0.357 e. The Morgan fingerprint density at radius 3 is 2.74 bits per heavy atom. The van der Waals surface area contributed by atoms with Gasteiger partial charge in [-0.1, -0.05) is 12.1 Å². The van der Waals surface area contributed by atoms with Crippen molar-refractivity contribution in [3.63, 3.8) is 0 Å². The van der Waals surface area contributed by atoms with Gasteiger partial charge in [-0.05, 0) is 24.1 Å². The lowest BCUT2D eigenvalue weighted by atomic mass is 10.1. The van der Waals surface area contributed by atoms with Gasteiger partial charge in [0.2, 0.25) is 11.8 Å². The number of rotatable bonds is 6. The molecule has 1 aliphatic heterocycles. The maximum atomic E-state index is 12.8. The first-order valence-electron chi connectivity index (χ1n) is 7.60. The van der Waals surface area contributed by atoms with Gasteiger partial charge < -0.3 is 16.0 Å². The zero-order valence-corrected chi connectivity index (χ0v) is 13.9. The van der Waals surface area contributed by atoms with E-state index in [2.05, 4.69) is 5.32 Å². The molecule has 1 heterocycles. The molecule has 1 saturated heterocycles. The van der Waals surface area contributed by atoms with Crippen LogP contribution in [0.15, 0.2) is 24.3 Å². The Bertz CT molecular complexity index is 553. The van der Waals surface area contributed by atoms with Crippen molar-refractivity contribution in [2.75, 3.05) is 19.3 Å². The fraction of sp³-hybridized carbons (Fsp3) is 0.500. The van der Waals surface area contributed by atoms with Crippen molar-refractivity contribution in [3.8, 4) is 0 Å². The number of likely N-dealkylation sites (N-methyl/N-ethyl adjacent to an activating group) is 1. The smallest absolute Gasteiger partial charge is 0.242 e. The molecule has 1 aliphatic rings. The minimum atomic E-state index is -0.454. The summed E-state index contributed by atoms with van der Waals surface area (Å²) in [6.45, 7) is 0.430. The highest BCUT2D eigenvalue weighted by Crippen LogP contribution is 2.20. The molecule has 7 heteroatoms. The third kappa shape index (κ3) is 4.94. The summed E-state index contributed by atoms with van der Waals surface area (Å²) in [5.41, 5.74) is 6.90. The second kappa shape index (κ2) is 8.31. The topological polar surface area (TPSA) is 75.4 Å². The Morgan fingerprint density at radius 2 is 2.09 bits per heavy atom. The Balaban J connectivity index is 1.77. The molecular formula is C16H22FN3O2S. The fourth-order valence-corrected chi connectivity index (χ4v) is 3.52. The van der Waals surface area contributed by atoms with Crippen LogP contribution in [0, 0.1) is 5.82 Å². The number of thioether (sulfide) groups is 1. The Morgan fingerprint density at radius 1 is 1.39 bits per heavy atom. The zero-order valence-electron chi connectivity index (χ0n) is 13.1. The number of likely N-dealkylation sites (tertiary alicyclic amines) is 1. The van der Waals surface area contributed by atoms with Gasteiger partial charge in [-0.15, -0.1) is 0 Å². The van der Waals surface area contributed by atoms with Gasteiger partial charge in [0.05, 0.1) is 0 Å². The number of nitrogens with one attached hydrogen (secondary N) is 1. The molecule has 126 valence electrons. The highest BCUT2D eigenvalue weighted by atomic mass is 32.2. The molecule has 0 saturated carbocycles. The highest BCUT2D eigenvalue weighted by Gasteiger charge is 2.37. The van der Waals surface area contributed by atoms with E-state index in [1.165, 1.54) is 12.1 Å². The number of nitrogens with zero attached hydrogens (tertiary/aromatic N) is 1. The van der Waals surface area contributed by atoms with Gasteiger partial charge >= 0.3 is 0 Å². The Hall–Kier alpha value is -1.60. The molecular weight excluding hydrogens is 317 g/mol. The molecule has 2 amide bonds. The lowest BCUT2D eigenvalue weighted by molar-refractivity contribution is -0.137. The number of halogens is 1. The van der Waals surface area contributed by atoms with Crippen LogP contribution in [0.1, 0.15) is 18.4 Å². The SMILES string of the molecule is CNC(=O)[C@@H]1C[C@@H](N)CN1C(=O)CCSCc1ccc(F)cc1. The predicted octanol–water partition coefficient (Wildman–Crippen LogP) is 1.12. The Labute approximate surface area is 139 Å². The van der Waals surface area contributed by atoms with E-state index < -0.39 is 6.04 Å². The maximum absolute atomic E-state index is 12.8. The van der Waals surface area contributed by atoms with Crippen LogP contribution in [0.25, 0.3) is 0 Å². The number of hydrogen-bond acceptors (Lipinski definition) is 4. The molecule has 23 heavy (non-hydrogen) atoms. The molecule has 0 aromatic heterocycles. The van der Waals surface area contributed by atoms with Crippen molar-refractivity contribution in [1.82, 2.24) is 10.2 Å². The van der Waals surface area contributed by atoms with Crippen LogP contribution in [0.5, 0.6) is 0 Å². The second-order valence-electron chi connectivity index (χ2n) is 5.60. The summed E-state index contributed by atoms with van der Waals surface area (Å²) < 4.78 is 12.8. The number of carbonyl (C=O) groups excluding carboxylic acids is 2. The number of hydrogen-bond donors (Lipinski definition) is 2. The van der Waals surface area contributed by atoms with Crippen molar-refractivity contribution in [1.29, 1.82) is 0 Å². The molecule has 2 atom stereocenters. The molecule has 1 aromatic carbocycles. The summed E-state index contributed by atoms with van der Waals surface area (Å²) in [7, 11) is 1.56. The van der Waals surface area contributed by atoms with Crippen LogP contribution in [-0.4, -0.2) is 48.1 Å². The zero-order chi connectivity index (χ0) is 16.8. The summed E-state index contributed by atoms with van der Waals surface area (Å²) >= 11 is 1.61. The van der Waals surface area contributed by atoms with E-state index in [4.69, 9.17) is 5.73 Å². The van der Waals surface area contributed by atoms with Crippen molar-refractivity contribution < 1.29 is 14.0 Å². The van der Waals surface area contributed by atoms with Crippen molar-refractivity contribution >= 4 is 23.6 Å². The first-order chi connectivity index (χ1) is 11.0. The molecule has 5 nitrogen and oxygen atoms in total. The highest BCUT2D eigenvalue weighted by molar-refractivity contribution is 7.98. The van der Waals surface area contributed by atoms with E-state index in [1.807, 2.05) is 0 Å². The van der Waals surface area contributed by atoms with Crippen LogP contribution in [-0.2, 0) is 15.3 Å². The van der Waals surface area contributed by atoms with Crippen LogP contribution in [0.2, 0.25) is 0 Å². The summed E-state index contributed by atoms with van der Waals surface area (Å²) in [5, 5.41) is 2.58. The van der Waals surface area contributed by atoms with Gasteiger partial charge in [0.25, 0.3) is 0 Å². The summed E-state index contributed by atoms with van der Waals surface area (Å²) in [6.07, 6.45) is 0.875. The van der Waals surface area contributed by atoms with Gasteiger partial charge in [-0.3, -0.25) is 9.59 Å². The number of carbonyl (C=O) groups is 2. The maximum Gasteiger partial charge on any atom is 0.242 e. The fourth-order valence-electron chi connectivity index (χ4n) is 2.63. The molecule has 1 aromatic rings. The van der Waals surface area contributed by atoms with Crippen LogP contribution < -0.4 is 11.1 Å². The van der Waals surface area contributed by atoms with E-state index in [0.29, 0.717) is 25.1 Å². The van der Waals surface area contributed by atoms with Gasteiger partial charge in [-0.25, -0.2) is 4.39 Å². The van der Waals surface area contributed by atoms with Crippen LogP contribution in [0.4, 0.5) is 4.39 Å². The quantitative estimate of drug-likeness (QED) is 0.762. The molecule has 0 unspecified atom stereocenters. The first kappa shape index (κ1) is 17.7. The van der Waals surface area contributed by atoms with Crippen molar-refractivity contribution in [2.45, 2.75) is 30.7 Å². The molecule has 0 radical (unpaired) electrons. The molecule has 2 rings (SSSR count). The molecule has 0 bridgehead atoms. The Kier molecular flexibility index (Phi) is 6.41. The standard InChI is InChI=1S/C16H22FN3O2S/c1-19-16(22)14-8-13(18)9-20(14)15(21)6-7-23-10-11-2-4-12(17)5-3-11/h2-5,13-14H,6-10,18H2,1H3,(H,19,22)/t13-,14+/m1/s1.